The molecule has 0 bridgehead atoms. The van der Waals surface area contributed by atoms with Crippen molar-refractivity contribution in [3.8, 4) is 11.1 Å². The van der Waals surface area contributed by atoms with E-state index in [1.165, 1.54) is 0 Å². The number of carbonyl (C=O) groups is 2. The number of fused-ring (bicyclic) bond motifs is 3. The van der Waals surface area contributed by atoms with Gasteiger partial charge in [-0.3, -0.25) is 9.59 Å². The van der Waals surface area contributed by atoms with Gasteiger partial charge in [0, 0.05) is 42.5 Å². The molecule has 1 aliphatic heterocycles. The van der Waals surface area contributed by atoms with Gasteiger partial charge >= 0.3 is 6.18 Å². The zero-order valence-corrected chi connectivity index (χ0v) is 22.6. The Kier molecular flexibility index (Phi) is 8.14. The number of nitrogens with zero attached hydrogens (tertiary/aromatic N) is 2. The number of anilines is 1. The minimum atomic E-state index is -4.48. The summed E-state index contributed by atoms with van der Waals surface area (Å²) in [5.41, 5.74) is 4.82. The van der Waals surface area contributed by atoms with Crippen molar-refractivity contribution in [3.05, 3.63) is 89.5 Å². The predicted octanol–water partition coefficient (Wildman–Crippen LogP) is 6.39. The number of carbonyl (C=O) groups excluding carboxylic acids is 2. The third-order valence-corrected chi connectivity index (χ3v) is 7.85. The first kappa shape index (κ1) is 27.7. The molecular weight excluding hydrogens is 515 g/mol. The smallest absolute Gasteiger partial charge is 0.371 e. The van der Waals surface area contributed by atoms with Crippen molar-refractivity contribution in [2.45, 2.75) is 50.7 Å². The van der Waals surface area contributed by atoms with Gasteiger partial charge in [-0.2, -0.15) is 13.2 Å². The van der Waals surface area contributed by atoms with Gasteiger partial charge in [-0.1, -0.05) is 67.9 Å². The van der Waals surface area contributed by atoms with E-state index in [1.807, 2.05) is 67.6 Å². The lowest BCUT2D eigenvalue weighted by molar-refractivity contribution is -0.161. The normalized spacial score (nSPS) is 16.8. The van der Waals surface area contributed by atoms with Gasteiger partial charge in [0.15, 0.2) is 0 Å². The van der Waals surface area contributed by atoms with E-state index >= 15 is 0 Å². The van der Waals surface area contributed by atoms with E-state index in [2.05, 4.69) is 10.2 Å². The van der Waals surface area contributed by atoms with Crippen molar-refractivity contribution in [3.63, 3.8) is 0 Å². The van der Waals surface area contributed by atoms with Gasteiger partial charge in [-0.25, -0.2) is 0 Å². The molecule has 0 saturated carbocycles. The van der Waals surface area contributed by atoms with Crippen LogP contribution in [-0.4, -0.2) is 55.1 Å². The molecule has 1 unspecified atom stereocenters. The van der Waals surface area contributed by atoms with E-state index in [9.17, 15) is 22.8 Å². The van der Waals surface area contributed by atoms with Crippen LogP contribution < -0.4 is 10.2 Å². The summed E-state index contributed by atoms with van der Waals surface area (Å²) in [5.74, 6) is -1.40. The third-order valence-electron chi connectivity index (χ3n) is 7.85. The van der Waals surface area contributed by atoms with Crippen LogP contribution in [0.4, 0.5) is 18.9 Å². The van der Waals surface area contributed by atoms with Crippen molar-refractivity contribution < 1.29 is 22.8 Å². The van der Waals surface area contributed by atoms with Crippen molar-refractivity contribution in [2.75, 3.05) is 31.1 Å². The summed E-state index contributed by atoms with van der Waals surface area (Å²) in [6.07, 6.45) is -1.82. The molecule has 0 spiro atoms. The number of nitrogens with one attached hydrogen (secondary N) is 1. The third kappa shape index (κ3) is 5.86. The average Bonchev–Trinajstić information content (AvgIpc) is 3.30. The molecule has 210 valence electrons. The molecule has 1 fully saturated rings. The molecule has 1 N–H and O–H groups in total. The molecule has 0 radical (unpaired) electrons. The molecule has 8 heteroatoms. The summed E-state index contributed by atoms with van der Waals surface area (Å²) in [6.45, 7) is 2.04. The highest BCUT2D eigenvalue weighted by Crippen LogP contribution is 2.50. The van der Waals surface area contributed by atoms with Crippen LogP contribution >= 0.6 is 0 Å². The van der Waals surface area contributed by atoms with E-state index in [-0.39, 0.29) is 18.5 Å². The maximum atomic E-state index is 14.0. The zero-order chi connectivity index (χ0) is 28.3. The quantitative estimate of drug-likeness (QED) is 0.354. The maximum Gasteiger partial charge on any atom is 0.406 e. The number of halogens is 3. The number of alkyl halides is 3. The number of hydrogen-bond acceptors (Lipinski definition) is 3. The monoisotopic (exact) mass is 549 g/mol. The van der Waals surface area contributed by atoms with Crippen LogP contribution in [0.1, 0.15) is 60.0 Å². The van der Waals surface area contributed by atoms with Gasteiger partial charge in [-0.05, 0) is 54.2 Å². The van der Waals surface area contributed by atoms with E-state index < -0.39 is 24.5 Å². The highest BCUT2D eigenvalue weighted by molar-refractivity contribution is 5.99. The van der Waals surface area contributed by atoms with Crippen molar-refractivity contribution in [1.29, 1.82) is 0 Å². The number of benzene rings is 3. The van der Waals surface area contributed by atoms with Gasteiger partial charge in [-0.15, -0.1) is 0 Å². The van der Waals surface area contributed by atoms with Crippen LogP contribution in [0.2, 0.25) is 0 Å². The number of amides is 2. The first-order chi connectivity index (χ1) is 19.3. The Hall–Kier alpha value is -3.81. The molecule has 2 amide bonds. The molecule has 1 saturated heterocycles. The largest absolute Gasteiger partial charge is 0.406 e. The lowest BCUT2D eigenvalue weighted by Crippen LogP contribution is -2.45. The van der Waals surface area contributed by atoms with Crippen molar-refractivity contribution in [2.24, 2.45) is 0 Å². The highest BCUT2D eigenvalue weighted by atomic mass is 19.4. The first-order valence-corrected chi connectivity index (χ1v) is 14.0. The van der Waals surface area contributed by atoms with Crippen LogP contribution in [0.25, 0.3) is 11.1 Å². The average molecular weight is 550 g/mol. The summed E-state index contributed by atoms with van der Waals surface area (Å²) in [7, 11) is 0. The Morgan fingerprint density at radius 2 is 1.60 bits per heavy atom. The van der Waals surface area contributed by atoms with Gasteiger partial charge < -0.3 is 15.1 Å². The molecule has 1 atom stereocenters. The summed E-state index contributed by atoms with van der Waals surface area (Å²) in [5, 5.41) is 3.12. The fourth-order valence-corrected chi connectivity index (χ4v) is 5.91. The van der Waals surface area contributed by atoms with Crippen LogP contribution in [0, 0.1) is 0 Å². The lowest BCUT2D eigenvalue weighted by atomic mass is 9.92. The Balaban J connectivity index is 1.41. The summed E-state index contributed by atoms with van der Waals surface area (Å²) >= 11 is 0. The van der Waals surface area contributed by atoms with Gasteiger partial charge in [0.2, 0.25) is 5.91 Å². The molecule has 5 nitrogen and oxygen atoms in total. The van der Waals surface area contributed by atoms with Crippen molar-refractivity contribution in [1.82, 2.24) is 10.2 Å². The van der Waals surface area contributed by atoms with Crippen LogP contribution in [-0.2, 0) is 4.79 Å². The number of piperidine rings is 1. The Morgan fingerprint density at radius 3 is 2.30 bits per heavy atom. The minimum absolute atomic E-state index is 0.0201. The van der Waals surface area contributed by atoms with Crippen molar-refractivity contribution >= 4 is 17.5 Å². The molecule has 1 aliphatic carbocycles. The van der Waals surface area contributed by atoms with Crippen LogP contribution in [0.5, 0.6) is 0 Å². The van der Waals surface area contributed by atoms with E-state index in [1.54, 1.807) is 12.1 Å². The fraction of sp³-hybridized carbons (Fsp3) is 0.375. The summed E-state index contributed by atoms with van der Waals surface area (Å²) < 4.78 is 40.6. The number of rotatable bonds is 8. The van der Waals surface area contributed by atoms with Crippen LogP contribution in [0.3, 0.4) is 0 Å². The second kappa shape index (κ2) is 11.7. The Bertz CT molecular complexity index is 1350. The summed E-state index contributed by atoms with van der Waals surface area (Å²) in [6, 6.07) is 22.5. The van der Waals surface area contributed by atoms with Gasteiger partial charge in [0.1, 0.15) is 6.54 Å². The second-order valence-corrected chi connectivity index (χ2v) is 10.6. The first-order valence-electron chi connectivity index (χ1n) is 14.0. The highest BCUT2D eigenvalue weighted by Gasteiger charge is 2.42. The Labute approximate surface area is 233 Å². The maximum absolute atomic E-state index is 14.0. The molecule has 3 aromatic carbocycles. The molecule has 40 heavy (non-hydrogen) atoms. The molecular formula is C32H34F3N3O2. The van der Waals surface area contributed by atoms with Gasteiger partial charge in [0.25, 0.3) is 5.91 Å². The zero-order valence-electron chi connectivity index (χ0n) is 22.6. The SMILES string of the molecule is CCCCN(CC(F)(F)F)C(=O)C1c2ccccc2-c2cccc(N3CCC(NC(=O)c4ccccc4)CC3)c21. The molecule has 5 rings (SSSR count). The number of hydrogen-bond donors (Lipinski definition) is 1. The topological polar surface area (TPSA) is 52.7 Å². The Morgan fingerprint density at radius 1 is 0.925 bits per heavy atom. The summed E-state index contributed by atoms with van der Waals surface area (Å²) in [4.78, 5) is 29.8. The predicted molar refractivity (Wildman–Crippen MR) is 150 cm³/mol. The lowest BCUT2D eigenvalue weighted by Gasteiger charge is -2.36. The standard InChI is InChI=1S/C32H34F3N3O2/c1-2-3-18-38(21-32(33,34)35)31(40)29-26-13-8-7-12-24(26)25-14-9-15-27(28(25)29)37-19-16-23(17-20-37)36-30(39)22-10-5-4-6-11-22/h4-15,23,29H,2-3,16-21H2,1H3,(H,36,39). The van der Waals surface area contributed by atoms with E-state index in [4.69, 9.17) is 0 Å². The molecule has 0 aromatic heterocycles. The molecule has 1 heterocycles. The molecule has 3 aromatic rings. The van der Waals surface area contributed by atoms with E-state index in [0.29, 0.717) is 31.5 Å². The fourth-order valence-electron chi connectivity index (χ4n) is 5.91. The number of unbranched alkanes of at least 4 members (excludes halogenated alkanes) is 1. The van der Waals surface area contributed by atoms with Crippen LogP contribution in [0.15, 0.2) is 72.8 Å². The second-order valence-electron chi connectivity index (χ2n) is 10.6. The minimum Gasteiger partial charge on any atom is -0.371 e. The van der Waals surface area contributed by atoms with Gasteiger partial charge in [0.05, 0.1) is 5.92 Å². The van der Waals surface area contributed by atoms with E-state index in [0.717, 1.165) is 45.7 Å². The molecule has 2 aliphatic rings.